The highest BCUT2D eigenvalue weighted by Crippen LogP contribution is 2.32. The van der Waals surface area contributed by atoms with Gasteiger partial charge in [0.05, 0.1) is 10.5 Å². The first-order valence-corrected chi connectivity index (χ1v) is 8.51. The molecule has 1 N–H and O–H groups in total. The molecule has 1 amide bonds. The number of amides is 1. The fourth-order valence-corrected chi connectivity index (χ4v) is 3.75. The molecule has 8 heteroatoms. The third kappa shape index (κ3) is 3.50. The molecule has 25 heavy (non-hydrogen) atoms. The molecule has 0 radical (unpaired) electrons. The summed E-state index contributed by atoms with van der Waals surface area (Å²) in [6.07, 6.45) is -2.70. The number of thioether (sulfide) groups is 1. The smallest absolute Gasteiger partial charge is 0.318 e. The molecule has 2 heterocycles. The lowest BCUT2D eigenvalue weighted by Gasteiger charge is -2.13. The number of aryl methyl sites for hydroxylation is 1. The molecule has 0 spiro atoms. The molecular formula is C17H13F3N2OS2. The van der Waals surface area contributed by atoms with Crippen LogP contribution in [0.1, 0.15) is 22.5 Å². The number of aromatic nitrogens is 1. The molecule has 0 atom stereocenters. The van der Waals surface area contributed by atoms with Crippen LogP contribution in [0.3, 0.4) is 0 Å². The molecule has 130 valence electrons. The topological polar surface area (TPSA) is 34.0 Å². The standard InChI is InChI=1S/C17H13F3N2OS2/c1-9-6-11(7-14-15(23)21-16(24)25-14)10(2)22(9)13-5-3-4-12(8-13)17(18,19)20/h3-8H,1-2H3,(H,21,23,24)/b14-7-. The van der Waals surface area contributed by atoms with Gasteiger partial charge in [0.15, 0.2) is 0 Å². The summed E-state index contributed by atoms with van der Waals surface area (Å²) in [5.74, 6) is -0.265. The van der Waals surface area contributed by atoms with Crippen molar-refractivity contribution in [3.63, 3.8) is 0 Å². The molecule has 1 aliphatic rings. The molecule has 0 unspecified atom stereocenters. The minimum atomic E-state index is -4.40. The van der Waals surface area contributed by atoms with Crippen LogP contribution < -0.4 is 5.32 Å². The first kappa shape index (κ1) is 17.8. The number of hydrogen-bond donors (Lipinski definition) is 1. The highest BCUT2D eigenvalue weighted by atomic mass is 32.2. The van der Waals surface area contributed by atoms with Crippen LogP contribution in [-0.2, 0) is 11.0 Å². The van der Waals surface area contributed by atoms with E-state index in [1.165, 1.54) is 17.8 Å². The van der Waals surface area contributed by atoms with Crippen LogP contribution in [0.2, 0.25) is 0 Å². The summed E-state index contributed by atoms with van der Waals surface area (Å²) in [5, 5.41) is 2.54. The predicted octanol–water partition coefficient (Wildman–Crippen LogP) is 4.60. The summed E-state index contributed by atoms with van der Waals surface area (Å²) < 4.78 is 41.0. The normalized spacial score (nSPS) is 16.6. The van der Waals surface area contributed by atoms with Crippen LogP contribution in [0.4, 0.5) is 13.2 Å². The van der Waals surface area contributed by atoms with E-state index in [1.807, 2.05) is 13.0 Å². The second-order valence-electron chi connectivity index (χ2n) is 5.56. The Balaban J connectivity index is 2.06. The Labute approximate surface area is 151 Å². The van der Waals surface area contributed by atoms with E-state index >= 15 is 0 Å². The Morgan fingerprint density at radius 3 is 2.56 bits per heavy atom. The van der Waals surface area contributed by atoms with Crippen LogP contribution >= 0.6 is 24.0 Å². The van der Waals surface area contributed by atoms with E-state index in [9.17, 15) is 18.0 Å². The summed E-state index contributed by atoms with van der Waals surface area (Å²) in [4.78, 5) is 12.3. The molecular weight excluding hydrogens is 369 g/mol. The molecule has 1 fully saturated rings. The van der Waals surface area contributed by atoms with Gasteiger partial charge in [0.25, 0.3) is 5.91 Å². The highest BCUT2D eigenvalue weighted by Gasteiger charge is 2.30. The maximum atomic E-state index is 13.0. The van der Waals surface area contributed by atoms with E-state index in [0.29, 0.717) is 14.9 Å². The monoisotopic (exact) mass is 382 g/mol. The molecule has 2 aromatic rings. The average molecular weight is 382 g/mol. The highest BCUT2D eigenvalue weighted by molar-refractivity contribution is 8.26. The van der Waals surface area contributed by atoms with Gasteiger partial charge in [-0.15, -0.1) is 0 Å². The van der Waals surface area contributed by atoms with Crippen molar-refractivity contribution in [1.29, 1.82) is 0 Å². The van der Waals surface area contributed by atoms with Gasteiger partial charge in [-0.3, -0.25) is 4.79 Å². The molecule has 1 saturated heterocycles. The largest absolute Gasteiger partial charge is 0.416 e. The molecule has 3 rings (SSSR count). The van der Waals surface area contributed by atoms with Crippen LogP contribution in [0.25, 0.3) is 11.8 Å². The Kier molecular flexibility index (Phi) is 4.51. The van der Waals surface area contributed by atoms with Gasteiger partial charge in [0, 0.05) is 17.1 Å². The summed E-state index contributed by atoms with van der Waals surface area (Å²) in [6, 6.07) is 6.99. The van der Waals surface area contributed by atoms with Crippen molar-refractivity contribution < 1.29 is 18.0 Å². The first-order chi connectivity index (χ1) is 11.7. The minimum absolute atomic E-state index is 0.265. The molecule has 0 bridgehead atoms. The Morgan fingerprint density at radius 2 is 1.96 bits per heavy atom. The van der Waals surface area contributed by atoms with Crippen molar-refractivity contribution in [3.05, 3.63) is 57.8 Å². The number of carbonyl (C=O) groups is 1. The third-order valence-electron chi connectivity index (χ3n) is 3.83. The first-order valence-electron chi connectivity index (χ1n) is 7.28. The molecule has 1 aromatic heterocycles. The van der Waals surface area contributed by atoms with E-state index in [0.717, 1.165) is 29.1 Å². The summed E-state index contributed by atoms with van der Waals surface area (Å²) in [6.45, 7) is 3.61. The van der Waals surface area contributed by atoms with Gasteiger partial charge in [-0.1, -0.05) is 30.0 Å². The Hall–Kier alpha value is -2.06. The molecule has 1 aromatic carbocycles. The van der Waals surface area contributed by atoms with Gasteiger partial charge in [-0.05, 0) is 49.8 Å². The lowest BCUT2D eigenvalue weighted by Crippen LogP contribution is -2.17. The van der Waals surface area contributed by atoms with Crippen molar-refractivity contribution in [2.45, 2.75) is 20.0 Å². The van der Waals surface area contributed by atoms with Crippen LogP contribution in [0.5, 0.6) is 0 Å². The fraction of sp³-hybridized carbons (Fsp3) is 0.176. The summed E-state index contributed by atoms with van der Waals surface area (Å²) in [7, 11) is 0. The van der Waals surface area contributed by atoms with Gasteiger partial charge in [-0.25, -0.2) is 0 Å². The predicted molar refractivity (Wildman–Crippen MR) is 96.6 cm³/mol. The molecule has 3 nitrogen and oxygen atoms in total. The molecule has 0 aliphatic carbocycles. The van der Waals surface area contributed by atoms with Gasteiger partial charge < -0.3 is 9.88 Å². The van der Waals surface area contributed by atoms with E-state index in [1.54, 1.807) is 23.6 Å². The van der Waals surface area contributed by atoms with E-state index in [4.69, 9.17) is 12.2 Å². The molecule has 0 saturated carbocycles. The quantitative estimate of drug-likeness (QED) is 0.609. The zero-order valence-corrected chi connectivity index (χ0v) is 14.9. The Bertz CT molecular complexity index is 913. The van der Waals surface area contributed by atoms with Crippen LogP contribution in [0.15, 0.2) is 35.2 Å². The fourth-order valence-electron chi connectivity index (χ4n) is 2.71. The van der Waals surface area contributed by atoms with E-state index in [-0.39, 0.29) is 5.91 Å². The van der Waals surface area contributed by atoms with Crippen molar-refractivity contribution in [2.24, 2.45) is 0 Å². The number of rotatable bonds is 2. The lowest BCUT2D eigenvalue weighted by molar-refractivity contribution is -0.137. The Morgan fingerprint density at radius 1 is 1.24 bits per heavy atom. The van der Waals surface area contributed by atoms with Crippen LogP contribution in [0, 0.1) is 13.8 Å². The van der Waals surface area contributed by atoms with Gasteiger partial charge >= 0.3 is 6.18 Å². The van der Waals surface area contributed by atoms with Crippen molar-refractivity contribution in [1.82, 2.24) is 9.88 Å². The van der Waals surface area contributed by atoms with Crippen molar-refractivity contribution >= 4 is 40.3 Å². The number of halogens is 3. The van der Waals surface area contributed by atoms with Crippen LogP contribution in [-0.4, -0.2) is 14.8 Å². The van der Waals surface area contributed by atoms with Gasteiger partial charge in [0.1, 0.15) is 4.32 Å². The average Bonchev–Trinajstić information content (AvgIpc) is 2.97. The number of carbonyl (C=O) groups excluding carboxylic acids is 1. The zero-order valence-electron chi connectivity index (χ0n) is 13.3. The SMILES string of the molecule is Cc1cc(/C=C2\SC(=S)NC2=O)c(C)n1-c1cccc(C(F)(F)F)c1. The van der Waals surface area contributed by atoms with Crippen molar-refractivity contribution in [3.8, 4) is 5.69 Å². The third-order valence-corrected chi connectivity index (χ3v) is 4.99. The number of nitrogens with one attached hydrogen (secondary N) is 1. The number of thiocarbonyl (C=S) groups is 1. The number of hydrogen-bond acceptors (Lipinski definition) is 3. The molecule has 1 aliphatic heterocycles. The minimum Gasteiger partial charge on any atom is -0.318 e. The zero-order chi connectivity index (χ0) is 18.4. The second kappa shape index (κ2) is 6.34. The van der Waals surface area contributed by atoms with Crippen molar-refractivity contribution in [2.75, 3.05) is 0 Å². The number of alkyl halides is 3. The number of benzene rings is 1. The lowest BCUT2D eigenvalue weighted by atomic mass is 10.2. The summed E-state index contributed by atoms with van der Waals surface area (Å²) in [5.41, 5.74) is 2.00. The second-order valence-corrected chi connectivity index (χ2v) is 7.28. The van der Waals surface area contributed by atoms with E-state index < -0.39 is 11.7 Å². The van der Waals surface area contributed by atoms with E-state index in [2.05, 4.69) is 5.32 Å². The van der Waals surface area contributed by atoms with Gasteiger partial charge in [0.2, 0.25) is 0 Å². The van der Waals surface area contributed by atoms with Gasteiger partial charge in [-0.2, -0.15) is 13.2 Å². The maximum Gasteiger partial charge on any atom is 0.416 e. The maximum absolute atomic E-state index is 13.0. The summed E-state index contributed by atoms with van der Waals surface area (Å²) >= 11 is 6.13. The number of nitrogens with zero attached hydrogens (tertiary/aromatic N) is 1.